The van der Waals surface area contributed by atoms with Crippen LogP contribution in [-0.2, 0) is 6.42 Å². The third-order valence-electron chi connectivity index (χ3n) is 4.43. The molecule has 0 aliphatic heterocycles. The molecule has 0 radical (unpaired) electrons. The van der Waals surface area contributed by atoms with Crippen molar-refractivity contribution in [3.05, 3.63) is 71.2 Å². The average Bonchev–Trinajstić information content (AvgIpc) is 2.63. The number of nitrogens with one attached hydrogen (secondary N) is 1. The maximum absolute atomic E-state index is 4.71. The maximum Gasteiger partial charge on any atom is 0.229 e. The molecule has 0 spiro atoms. The number of benzene rings is 1. The Hall–Kier alpha value is -2.95. The van der Waals surface area contributed by atoms with E-state index >= 15 is 0 Å². The van der Waals surface area contributed by atoms with E-state index < -0.39 is 0 Å². The quantitative estimate of drug-likeness (QED) is 0.723. The molecule has 2 heterocycles. The van der Waals surface area contributed by atoms with Crippen LogP contribution in [0.4, 0.5) is 17.5 Å². The molecule has 1 aromatic carbocycles. The Bertz CT molecular complexity index is 857. The zero-order valence-corrected chi connectivity index (χ0v) is 15.8. The lowest BCUT2D eigenvalue weighted by Crippen LogP contribution is -2.22. The molecular weight excluding hydrogens is 322 g/mol. The highest BCUT2D eigenvalue weighted by Crippen LogP contribution is 2.24. The lowest BCUT2D eigenvalue weighted by atomic mass is 10.1. The number of para-hydroxylation sites is 1. The molecule has 0 saturated heterocycles. The van der Waals surface area contributed by atoms with Gasteiger partial charge in [0.2, 0.25) is 5.95 Å². The predicted octanol–water partition coefficient (Wildman–Crippen LogP) is 4.22. The van der Waals surface area contributed by atoms with E-state index in [1.807, 2.05) is 37.5 Å². The van der Waals surface area contributed by atoms with Crippen molar-refractivity contribution in [1.29, 1.82) is 0 Å². The highest BCUT2D eigenvalue weighted by Gasteiger charge is 2.09. The number of rotatable bonds is 6. The monoisotopic (exact) mass is 347 g/mol. The third kappa shape index (κ3) is 4.36. The number of pyridine rings is 1. The van der Waals surface area contributed by atoms with E-state index in [9.17, 15) is 0 Å². The van der Waals surface area contributed by atoms with Gasteiger partial charge in [0, 0.05) is 43.4 Å². The number of aromatic nitrogens is 3. The van der Waals surface area contributed by atoms with E-state index in [1.54, 1.807) is 0 Å². The summed E-state index contributed by atoms with van der Waals surface area (Å²) in [7, 11) is 2.06. The van der Waals surface area contributed by atoms with E-state index in [4.69, 9.17) is 4.98 Å². The predicted molar refractivity (Wildman–Crippen MR) is 107 cm³/mol. The molecule has 3 aromatic rings. The van der Waals surface area contributed by atoms with Gasteiger partial charge in [-0.2, -0.15) is 4.98 Å². The highest BCUT2D eigenvalue weighted by molar-refractivity contribution is 5.63. The van der Waals surface area contributed by atoms with Gasteiger partial charge in [-0.15, -0.1) is 0 Å². The molecule has 2 aromatic heterocycles. The number of anilines is 3. The molecule has 1 N–H and O–H groups in total. The average molecular weight is 347 g/mol. The zero-order chi connectivity index (χ0) is 18.5. The molecule has 0 unspecified atom stereocenters. The first-order valence-corrected chi connectivity index (χ1v) is 8.82. The van der Waals surface area contributed by atoms with Gasteiger partial charge >= 0.3 is 0 Å². The fraction of sp³-hybridized carbons (Fsp3) is 0.286. The minimum absolute atomic E-state index is 0.633. The number of likely N-dealkylation sites (N-methyl/N-ethyl adjacent to an activating group) is 1. The van der Waals surface area contributed by atoms with Crippen molar-refractivity contribution >= 4 is 17.5 Å². The van der Waals surface area contributed by atoms with Gasteiger partial charge in [-0.3, -0.25) is 4.98 Å². The lowest BCUT2D eigenvalue weighted by molar-refractivity contribution is 0.853. The van der Waals surface area contributed by atoms with Crippen LogP contribution in [0.2, 0.25) is 0 Å². The van der Waals surface area contributed by atoms with E-state index in [0.717, 1.165) is 30.2 Å². The first kappa shape index (κ1) is 17.9. The molecule has 0 amide bonds. The Morgan fingerprint density at radius 2 is 1.65 bits per heavy atom. The highest BCUT2D eigenvalue weighted by atomic mass is 15.2. The van der Waals surface area contributed by atoms with Crippen LogP contribution >= 0.6 is 0 Å². The summed E-state index contributed by atoms with van der Waals surface area (Å²) in [5.41, 5.74) is 5.65. The summed E-state index contributed by atoms with van der Waals surface area (Å²) >= 11 is 0. The fourth-order valence-corrected chi connectivity index (χ4v) is 2.89. The van der Waals surface area contributed by atoms with E-state index in [0.29, 0.717) is 5.95 Å². The molecule has 0 fully saturated rings. The Kier molecular flexibility index (Phi) is 5.46. The van der Waals surface area contributed by atoms with Gasteiger partial charge < -0.3 is 10.2 Å². The van der Waals surface area contributed by atoms with Crippen LogP contribution in [0, 0.1) is 20.8 Å². The summed E-state index contributed by atoms with van der Waals surface area (Å²) in [5.74, 6) is 1.55. The van der Waals surface area contributed by atoms with Crippen LogP contribution in [0.3, 0.4) is 0 Å². The molecular formula is C21H25N5. The van der Waals surface area contributed by atoms with Gasteiger partial charge in [0.1, 0.15) is 5.82 Å². The molecule has 0 aliphatic carbocycles. The van der Waals surface area contributed by atoms with Gasteiger partial charge in [-0.05, 0) is 56.0 Å². The Balaban J connectivity index is 1.76. The molecule has 3 rings (SSSR count). The van der Waals surface area contributed by atoms with Crippen LogP contribution in [-0.4, -0.2) is 28.5 Å². The molecule has 0 saturated carbocycles. The summed E-state index contributed by atoms with van der Waals surface area (Å²) in [5, 5.41) is 3.39. The Labute approximate surface area is 155 Å². The minimum atomic E-state index is 0.633. The first-order valence-electron chi connectivity index (χ1n) is 8.82. The third-order valence-corrected chi connectivity index (χ3v) is 4.43. The van der Waals surface area contributed by atoms with Crippen molar-refractivity contribution in [2.45, 2.75) is 27.2 Å². The van der Waals surface area contributed by atoms with Crippen LogP contribution < -0.4 is 10.2 Å². The van der Waals surface area contributed by atoms with Crippen molar-refractivity contribution in [3.8, 4) is 0 Å². The summed E-state index contributed by atoms with van der Waals surface area (Å²) < 4.78 is 0. The molecule has 0 aliphatic rings. The fourth-order valence-electron chi connectivity index (χ4n) is 2.89. The smallest absolute Gasteiger partial charge is 0.229 e. The number of hydrogen-bond donors (Lipinski definition) is 1. The maximum atomic E-state index is 4.71. The second kappa shape index (κ2) is 7.95. The largest absolute Gasteiger partial charge is 0.359 e. The van der Waals surface area contributed by atoms with Crippen molar-refractivity contribution in [3.63, 3.8) is 0 Å². The van der Waals surface area contributed by atoms with Crippen LogP contribution in [0.1, 0.15) is 22.4 Å². The van der Waals surface area contributed by atoms with E-state index in [-0.39, 0.29) is 0 Å². The van der Waals surface area contributed by atoms with Crippen molar-refractivity contribution < 1.29 is 0 Å². The summed E-state index contributed by atoms with van der Waals surface area (Å²) in [6.45, 7) is 7.06. The van der Waals surface area contributed by atoms with Crippen LogP contribution in [0.25, 0.3) is 0 Å². The van der Waals surface area contributed by atoms with Crippen molar-refractivity contribution in [2.24, 2.45) is 0 Å². The summed E-state index contributed by atoms with van der Waals surface area (Å²) in [6, 6.07) is 12.4. The Morgan fingerprint density at radius 1 is 0.962 bits per heavy atom. The number of aryl methyl sites for hydroxylation is 3. The summed E-state index contributed by atoms with van der Waals surface area (Å²) in [4.78, 5) is 15.5. The van der Waals surface area contributed by atoms with Crippen LogP contribution in [0.15, 0.2) is 48.8 Å². The lowest BCUT2D eigenvalue weighted by Gasteiger charge is -2.20. The molecule has 5 heteroatoms. The molecule has 0 bridgehead atoms. The number of hydrogen-bond acceptors (Lipinski definition) is 5. The van der Waals surface area contributed by atoms with Gasteiger partial charge in [-0.25, -0.2) is 4.98 Å². The van der Waals surface area contributed by atoms with Crippen LogP contribution in [0.5, 0.6) is 0 Å². The van der Waals surface area contributed by atoms with E-state index in [2.05, 4.69) is 59.3 Å². The second-order valence-electron chi connectivity index (χ2n) is 6.61. The van der Waals surface area contributed by atoms with Gasteiger partial charge in [0.25, 0.3) is 0 Å². The number of nitrogens with zero attached hydrogens (tertiary/aromatic N) is 4. The molecule has 134 valence electrons. The topological polar surface area (TPSA) is 53.9 Å². The standard InChI is InChI=1S/C21H25N5/c1-15-6-5-7-16(2)20(15)25-21-23-17(3)14-19(24-21)26(4)13-10-18-8-11-22-12-9-18/h5-9,11-12,14H,10,13H2,1-4H3,(H,23,24,25). The summed E-state index contributed by atoms with van der Waals surface area (Å²) in [6.07, 6.45) is 4.61. The van der Waals surface area contributed by atoms with Gasteiger partial charge in [0.05, 0.1) is 0 Å². The zero-order valence-electron chi connectivity index (χ0n) is 15.8. The van der Waals surface area contributed by atoms with Crippen molar-refractivity contribution in [1.82, 2.24) is 15.0 Å². The second-order valence-corrected chi connectivity index (χ2v) is 6.61. The van der Waals surface area contributed by atoms with Crippen molar-refractivity contribution in [2.75, 3.05) is 23.8 Å². The molecule has 5 nitrogen and oxygen atoms in total. The molecule has 26 heavy (non-hydrogen) atoms. The minimum Gasteiger partial charge on any atom is -0.359 e. The van der Waals surface area contributed by atoms with E-state index in [1.165, 1.54) is 16.7 Å². The first-order chi connectivity index (χ1) is 12.5. The normalized spacial score (nSPS) is 10.6. The Morgan fingerprint density at radius 3 is 2.35 bits per heavy atom. The van der Waals surface area contributed by atoms with Gasteiger partial charge in [-0.1, -0.05) is 18.2 Å². The molecule has 0 atom stereocenters. The van der Waals surface area contributed by atoms with Gasteiger partial charge in [0.15, 0.2) is 0 Å². The SMILES string of the molecule is Cc1cc(N(C)CCc2ccncc2)nc(Nc2c(C)cccc2C)n1.